The van der Waals surface area contributed by atoms with Crippen LogP contribution < -0.4 is 15.6 Å². The topological polar surface area (TPSA) is 0 Å². The van der Waals surface area contributed by atoms with Crippen molar-refractivity contribution < 1.29 is 0 Å². The monoisotopic (exact) mass is 492 g/mol. The fourth-order valence-corrected chi connectivity index (χ4v) is 11.2. The van der Waals surface area contributed by atoms with Gasteiger partial charge in [-0.25, -0.2) is 0 Å². The van der Waals surface area contributed by atoms with Crippen molar-refractivity contribution in [2.45, 2.75) is 85.5 Å². The normalized spacial score (nSPS) is 14.1. The zero-order valence-electron chi connectivity index (χ0n) is 23.4. The standard InChI is InChI=1S/C35H44Si/c1-8-13-28-14-12-21-35(28)36(32-18-9-15-29(22-32)25(2)3,33-19-10-16-30(23-33)26(4)5)34-20-11-17-31(24-34)27(6)7/h9-12,14-20,22-27H,8,13,21H2,1-7H3. The number of hydrogen-bond donors (Lipinski definition) is 0. The van der Waals surface area contributed by atoms with Gasteiger partial charge >= 0.3 is 0 Å². The quantitative estimate of drug-likeness (QED) is 0.209. The van der Waals surface area contributed by atoms with Crippen LogP contribution in [0.4, 0.5) is 0 Å². The second kappa shape index (κ2) is 11.2. The third kappa shape index (κ3) is 4.96. The van der Waals surface area contributed by atoms with Gasteiger partial charge in [-0.1, -0.05) is 151 Å². The molecule has 0 saturated carbocycles. The number of benzene rings is 3. The summed E-state index contributed by atoms with van der Waals surface area (Å²) in [5.74, 6) is 1.52. The van der Waals surface area contributed by atoms with Gasteiger partial charge in [0.25, 0.3) is 0 Å². The molecular formula is C35H44Si. The molecule has 36 heavy (non-hydrogen) atoms. The zero-order chi connectivity index (χ0) is 25.9. The molecule has 0 aromatic heterocycles. The van der Waals surface area contributed by atoms with Gasteiger partial charge in [-0.15, -0.1) is 0 Å². The van der Waals surface area contributed by atoms with Crippen LogP contribution in [0, 0.1) is 0 Å². The Morgan fingerprint density at radius 2 is 1.06 bits per heavy atom. The lowest BCUT2D eigenvalue weighted by Crippen LogP contribution is -2.69. The highest BCUT2D eigenvalue weighted by Crippen LogP contribution is 2.32. The van der Waals surface area contributed by atoms with Crippen molar-refractivity contribution >= 4 is 23.6 Å². The Bertz CT molecular complexity index is 1130. The Kier molecular flexibility index (Phi) is 8.20. The summed E-state index contributed by atoms with van der Waals surface area (Å²) in [6.45, 7) is 16.2. The lowest BCUT2D eigenvalue weighted by molar-refractivity contribution is 0.867. The highest BCUT2D eigenvalue weighted by molar-refractivity contribution is 7.16. The molecule has 0 saturated heterocycles. The van der Waals surface area contributed by atoms with Crippen LogP contribution in [0.25, 0.3) is 0 Å². The average molecular weight is 493 g/mol. The number of hydrogen-bond acceptors (Lipinski definition) is 0. The molecule has 0 atom stereocenters. The van der Waals surface area contributed by atoms with Crippen LogP contribution in [0.2, 0.25) is 0 Å². The molecule has 1 aliphatic carbocycles. The van der Waals surface area contributed by atoms with E-state index in [4.69, 9.17) is 0 Å². The molecule has 0 nitrogen and oxygen atoms in total. The number of allylic oxidation sites excluding steroid dienone is 4. The third-order valence-electron chi connectivity index (χ3n) is 7.96. The molecule has 0 amide bonds. The first-order valence-electron chi connectivity index (χ1n) is 14.0. The van der Waals surface area contributed by atoms with E-state index in [0.29, 0.717) is 17.8 Å². The van der Waals surface area contributed by atoms with Crippen molar-refractivity contribution in [2.24, 2.45) is 0 Å². The summed E-state index contributed by atoms with van der Waals surface area (Å²) in [5, 5.41) is 6.28. The third-order valence-corrected chi connectivity index (χ3v) is 12.9. The minimum Gasteiger partial charge on any atom is -0.0805 e. The van der Waals surface area contributed by atoms with Crippen LogP contribution in [0.1, 0.15) is 102 Å². The highest BCUT2D eigenvalue weighted by atomic mass is 28.3. The van der Waals surface area contributed by atoms with Gasteiger partial charge in [0, 0.05) is 0 Å². The van der Waals surface area contributed by atoms with Gasteiger partial charge in [0.1, 0.15) is 0 Å². The Labute approximate surface area is 221 Å². The Hall–Kier alpha value is -2.64. The molecule has 3 aromatic rings. The molecular weight excluding hydrogens is 448 g/mol. The summed E-state index contributed by atoms with van der Waals surface area (Å²) in [4.78, 5) is 0. The first-order chi connectivity index (χ1) is 17.3. The lowest BCUT2D eigenvalue weighted by Gasteiger charge is -2.37. The van der Waals surface area contributed by atoms with Crippen molar-refractivity contribution in [3.8, 4) is 0 Å². The van der Waals surface area contributed by atoms with Crippen molar-refractivity contribution in [3.63, 3.8) is 0 Å². The van der Waals surface area contributed by atoms with E-state index in [1.165, 1.54) is 38.7 Å². The molecule has 1 heteroatoms. The van der Waals surface area contributed by atoms with E-state index in [1.54, 1.807) is 10.8 Å². The van der Waals surface area contributed by atoms with E-state index in [1.807, 2.05) is 0 Å². The summed E-state index contributed by atoms with van der Waals surface area (Å²) in [5.41, 5.74) is 5.89. The van der Waals surface area contributed by atoms with Crippen LogP contribution in [-0.2, 0) is 0 Å². The van der Waals surface area contributed by atoms with Crippen molar-refractivity contribution in [1.82, 2.24) is 0 Å². The molecule has 0 fully saturated rings. The zero-order valence-corrected chi connectivity index (χ0v) is 24.4. The number of rotatable bonds is 9. The summed E-state index contributed by atoms with van der Waals surface area (Å²) < 4.78 is 0. The van der Waals surface area contributed by atoms with Gasteiger partial charge in [0.05, 0.1) is 0 Å². The smallest absolute Gasteiger partial charge is 0.0805 e. The Balaban J connectivity index is 2.17. The highest BCUT2D eigenvalue weighted by Gasteiger charge is 2.45. The van der Waals surface area contributed by atoms with Gasteiger partial charge in [-0.05, 0) is 62.8 Å². The van der Waals surface area contributed by atoms with Gasteiger partial charge < -0.3 is 0 Å². The minimum absolute atomic E-state index is 0.506. The van der Waals surface area contributed by atoms with E-state index >= 15 is 0 Å². The van der Waals surface area contributed by atoms with Crippen molar-refractivity contribution in [3.05, 3.63) is 112 Å². The molecule has 0 bridgehead atoms. The maximum absolute atomic E-state index is 2.55. The van der Waals surface area contributed by atoms with E-state index < -0.39 is 8.07 Å². The molecule has 4 rings (SSSR count). The van der Waals surface area contributed by atoms with Crippen LogP contribution in [0.3, 0.4) is 0 Å². The fourth-order valence-electron chi connectivity index (χ4n) is 5.86. The molecule has 0 aliphatic heterocycles. The van der Waals surface area contributed by atoms with Crippen LogP contribution in [0.15, 0.2) is 95.7 Å². The van der Waals surface area contributed by atoms with E-state index in [-0.39, 0.29) is 0 Å². The maximum atomic E-state index is 2.55. The fraction of sp³-hybridized carbons (Fsp3) is 0.371. The first kappa shape index (κ1) is 26.4. The SMILES string of the molecule is CCCC1=C([Si](c2cccc(C(C)C)c2)(c2cccc(C(C)C)c2)c2cccc(C(C)C)c2)CC=C1. The molecule has 188 valence electrons. The molecule has 1 aliphatic rings. The predicted octanol–water partition coefficient (Wildman–Crippen LogP) is 8.12. The van der Waals surface area contributed by atoms with Crippen LogP contribution >= 0.6 is 0 Å². The average Bonchev–Trinajstić information content (AvgIpc) is 3.34. The van der Waals surface area contributed by atoms with Crippen molar-refractivity contribution in [1.29, 1.82) is 0 Å². The second-order valence-corrected chi connectivity index (χ2v) is 15.3. The summed E-state index contributed by atoms with van der Waals surface area (Å²) in [7, 11) is -2.51. The molecule has 3 aromatic carbocycles. The molecule has 0 radical (unpaired) electrons. The largest absolute Gasteiger partial charge is 0.176 e. The first-order valence-corrected chi connectivity index (χ1v) is 16.0. The van der Waals surface area contributed by atoms with Crippen LogP contribution in [-0.4, -0.2) is 8.07 Å². The van der Waals surface area contributed by atoms with Gasteiger partial charge in [-0.3, -0.25) is 0 Å². The summed E-state index contributed by atoms with van der Waals surface area (Å²) in [6.07, 6.45) is 8.25. The summed E-state index contributed by atoms with van der Waals surface area (Å²) >= 11 is 0. The Morgan fingerprint density at radius 1 is 0.639 bits per heavy atom. The Morgan fingerprint density at radius 3 is 1.42 bits per heavy atom. The molecule has 0 unspecified atom stereocenters. The predicted molar refractivity (Wildman–Crippen MR) is 162 cm³/mol. The molecule has 0 spiro atoms. The summed E-state index contributed by atoms with van der Waals surface area (Å²) in [6, 6.07) is 28.9. The molecule has 0 N–H and O–H groups in total. The lowest BCUT2D eigenvalue weighted by atomic mass is 10.0. The second-order valence-electron chi connectivity index (χ2n) is 11.5. The van der Waals surface area contributed by atoms with E-state index in [0.717, 1.165) is 12.8 Å². The van der Waals surface area contributed by atoms with E-state index in [2.05, 4.69) is 133 Å². The molecule has 0 heterocycles. The van der Waals surface area contributed by atoms with E-state index in [9.17, 15) is 0 Å². The van der Waals surface area contributed by atoms with Gasteiger partial charge in [-0.2, -0.15) is 0 Å². The minimum atomic E-state index is -2.51. The maximum Gasteiger partial charge on any atom is 0.176 e. The van der Waals surface area contributed by atoms with Crippen LogP contribution in [0.5, 0.6) is 0 Å². The van der Waals surface area contributed by atoms with Crippen molar-refractivity contribution in [2.75, 3.05) is 0 Å². The van der Waals surface area contributed by atoms with Gasteiger partial charge in [0.15, 0.2) is 8.07 Å². The van der Waals surface area contributed by atoms with Gasteiger partial charge in [0.2, 0.25) is 0 Å².